The first-order valence-electron chi connectivity index (χ1n) is 3.49. The fourth-order valence-electron chi connectivity index (χ4n) is 0.581. The molecule has 66 valence electrons. The third-order valence-corrected chi connectivity index (χ3v) is 3.41. The summed E-state index contributed by atoms with van der Waals surface area (Å²) in [4.78, 5) is 10.3. The van der Waals surface area contributed by atoms with Crippen molar-refractivity contribution in [2.75, 3.05) is 12.9 Å². The molecule has 0 aliphatic heterocycles. The molecule has 0 aliphatic rings. The average Bonchev–Trinajstić information content (AvgIpc) is 1.87. The summed E-state index contributed by atoms with van der Waals surface area (Å²) in [6, 6.07) is 0. The van der Waals surface area contributed by atoms with Gasteiger partial charge in [-0.2, -0.15) is 0 Å². The van der Waals surface area contributed by atoms with Crippen LogP contribution in [0.15, 0.2) is 0 Å². The minimum Gasteiger partial charge on any atom is -0.466 e. The molecular formula is C7H14O2S2. The molecule has 0 spiro atoms. The van der Waals surface area contributed by atoms with Crippen molar-refractivity contribution >= 4 is 27.6 Å². The summed E-state index contributed by atoms with van der Waals surface area (Å²) < 4.78 is 4.80. The van der Waals surface area contributed by atoms with Crippen molar-refractivity contribution in [2.45, 2.75) is 25.5 Å². The Morgan fingerprint density at radius 1 is 1.64 bits per heavy atom. The quantitative estimate of drug-likeness (QED) is 0.496. The van der Waals surface area contributed by atoms with E-state index >= 15 is 0 Å². The lowest BCUT2D eigenvalue weighted by Crippen LogP contribution is -2.05. The monoisotopic (exact) mass is 194 g/mol. The molecule has 4 heteroatoms. The van der Waals surface area contributed by atoms with E-state index in [9.17, 15) is 4.79 Å². The molecule has 0 radical (unpaired) electrons. The zero-order valence-electron chi connectivity index (χ0n) is 7.12. The van der Waals surface area contributed by atoms with Gasteiger partial charge in [0.15, 0.2) is 0 Å². The van der Waals surface area contributed by atoms with Crippen molar-refractivity contribution in [3.8, 4) is 0 Å². The highest BCUT2D eigenvalue weighted by Gasteiger charge is 2.01. The number of esters is 1. The highest BCUT2D eigenvalue weighted by Crippen LogP contribution is 2.25. The third kappa shape index (κ3) is 8.07. The van der Waals surface area contributed by atoms with Crippen LogP contribution < -0.4 is 0 Å². The summed E-state index contributed by atoms with van der Waals surface area (Å²) in [5.41, 5.74) is 0. The highest BCUT2D eigenvalue weighted by molar-refractivity contribution is 8.76. The topological polar surface area (TPSA) is 26.3 Å². The molecule has 0 N–H and O–H groups in total. The number of ether oxygens (including phenoxy) is 1. The molecule has 0 aromatic heterocycles. The minimum absolute atomic E-state index is 0.189. The van der Waals surface area contributed by atoms with E-state index in [4.69, 9.17) is 4.74 Å². The summed E-state index contributed by atoms with van der Waals surface area (Å²) in [6.07, 6.45) is 2.98. The van der Waals surface area contributed by atoms with Crippen LogP contribution in [0.4, 0.5) is 0 Å². The lowest BCUT2D eigenvalue weighted by Gasteiger charge is -2.07. The van der Waals surface area contributed by atoms with Gasteiger partial charge in [-0.3, -0.25) is 4.79 Å². The maximum absolute atomic E-state index is 10.3. The van der Waals surface area contributed by atoms with Gasteiger partial charge >= 0.3 is 5.97 Å². The predicted octanol–water partition coefficient (Wildman–Crippen LogP) is 2.34. The van der Waals surface area contributed by atoms with Crippen LogP contribution in [0.5, 0.6) is 0 Å². The maximum Gasteiger partial charge on any atom is 0.302 e. The van der Waals surface area contributed by atoms with Gasteiger partial charge in [-0.05, 0) is 12.7 Å². The van der Waals surface area contributed by atoms with Crippen LogP contribution >= 0.6 is 21.6 Å². The van der Waals surface area contributed by atoms with Crippen LogP contribution in [0.25, 0.3) is 0 Å². The number of carbonyl (C=O) groups excluding carboxylic acids is 1. The molecule has 0 aromatic carbocycles. The molecule has 0 heterocycles. The van der Waals surface area contributed by atoms with E-state index in [0.717, 1.165) is 6.42 Å². The van der Waals surface area contributed by atoms with Gasteiger partial charge in [-0.1, -0.05) is 28.5 Å². The molecule has 0 aromatic rings. The van der Waals surface area contributed by atoms with Crippen LogP contribution in [0.3, 0.4) is 0 Å². The Morgan fingerprint density at radius 3 is 2.73 bits per heavy atom. The molecule has 0 aliphatic carbocycles. The van der Waals surface area contributed by atoms with Crippen molar-refractivity contribution in [1.82, 2.24) is 0 Å². The Balaban J connectivity index is 3.16. The van der Waals surface area contributed by atoms with E-state index in [1.807, 2.05) is 17.0 Å². The van der Waals surface area contributed by atoms with Crippen molar-refractivity contribution in [1.29, 1.82) is 0 Å². The Kier molecular flexibility index (Phi) is 6.96. The zero-order valence-corrected chi connectivity index (χ0v) is 8.76. The Morgan fingerprint density at radius 2 is 2.27 bits per heavy atom. The molecule has 11 heavy (non-hydrogen) atoms. The molecule has 1 unspecified atom stereocenters. The normalized spacial score (nSPS) is 12.6. The molecule has 0 rings (SSSR count). The van der Waals surface area contributed by atoms with Crippen LogP contribution in [0.2, 0.25) is 0 Å². The van der Waals surface area contributed by atoms with E-state index in [1.165, 1.54) is 6.92 Å². The molecule has 0 amide bonds. The summed E-state index contributed by atoms with van der Waals surface area (Å²) >= 11 is 0. The lowest BCUT2D eigenvalue weighted by molar-refractivity contribution is -0.141. The predicted molar refractivity (Wildman–Crippen MR) is 51.8 cm³/mol. The molecule has 0 fully saturated rings. The molecule has 2 nitrogen and oxygen atoms in total. The maximum atomic E-state index is 10.3. The van der Waals surface area contributed by atoms with Gasteiger partial charge in [0.2, 0.25) is 0 Å². The Bertz CT molecular complexity index is 117. The first kappa shape index (κ1) is 11.2. The first-order chi connectivity index (χ1) is 5.16. The van der Waals surface area contributed by atoms with E-state index in [2.05, 4.69) is 6.92 Å². The number of hydrogen-bond donors (Lipinski definition) is 0. The molecule has 0 bridgehead atoms. The summed E-state index contributed by atoms with van der Waals surface area (Å²) in [7, 11) is 3.55. The molecular weight excluding hydrogens is 180 g/mol. The average molecular weight is 194 g/mol. The van der Waals surface area contributed by atoms with Crippen molar-refractivity contribution < 1.29 is 9.53 Å². The number of hydrogen-bond acceptors (Lipinski definition) is 4. The third-order valence-electron chi connectivity index (χ3n) is 1.09. The summed E-state index contributed by atoms with van der Waals surface area (Å²) in [5, 5.41) is 0.560. The second-order valence-electron chi connectivity index (χ2n) is 2.20. The molecule has 1 atom stereocenters. The number of carbonyl (C=O) groups is 1. The smallest absolute Gasteiger partial charge is 0.302 e. The Labute approximate surface area is 75.9 Å². The van der Waals surface area contributed by atoms with Crippen molar-refractivity contribution in [2.24, 2.45) is 0 Å². The molecule has 0 saturated heterocycles. The van der Waals surface area contributed by atoms with Gasteiger partial charge in [0.1, 0.15) is 0 Å². The van der Waals surface area contributed by atoms with Gasteiger partial charge in [0, 0.05) is 12.2 Å². The largest absolute Gasteiger partial charge is 0.466 e. The van der Waals surface area contributed by atoms with E-state index in [0.29, 0.717) is 11.9 Å². The summed E-state index contributed by atoms with van der Waals surface area (Å²) in [6.45, 7) is 4.11. The second-order valence-corrected chi connectivity index (χ2v) is 5.11. The van der Waals surface area contributed by atoms with Crippen molar-refractivity contribution in [3.05, 3.63) is 0 Å². The lowest BCUT2D eigenvalue weighted by atomic mass is 10.3. The van der Waals surface area contributed by atoms with Gasteiger partial charge in [-0.25, -0.2) is 0 Å². The van der Waals surface area contributed by atoms with Crippen LogP contribution in [0.1, 0.15) is 20.3 Å². The molecule has 0 saturated carbocycles. The highest BCUT2D eigenvalue weighted by atomic mass is 33.1. The van der Waals surface area contributed by atoms with Crippen LogP contribution in [0, 0.1) is 0 Å². The second kappa shape index (κ2) is 6.85. The summed E-state index contributed by atoms with van der Waals surface area (Å²) in [5.74, 6) is -0.189. The van der Waals surface area contributed by atoms with Gasteiger partial charge in [0.05, 0.1) is 6.61 Å². The minimum atomic E-state index is -0.189. The van der Waals surface area contributed by atoms with E-state index < -0.39 is 0 Å². The van der Waals surface area contributed by atoms with Crippen LogP contribution in [-0.2, 0) is 9.53 Å². The van der Waals surface area contributed by atoms with Gasteiger partial charge in [0.25, 0.3) is 0 Å². The van der Waals surface area contributed by atoms with E-state index in [1.54, 1.807) is 10.8 Å². The van der Waals surface area contributed by atoms with Crippen LogP contribution in [-0.4, -0.2) is 24.1 Å². The fraction of sp³-hybridized carbons (Fsp3) is 0.857. The zero-order chi connectivity index (χ0) is 8.69. The fourth-order valence-corrected chi connectivity index (χ4v) is 2.38. The first-order valence-corrected chi connectivity index (χ1v) is 6.11. The van der Waals surface area contributed by atoms with Gasteiger partial charge < -0.3 is 4.74 Å². The van der Waals surface area contributed by atoms with Crippen molar-refractivity contribution in [3.63, 3.8) is 0 Å². The SMILES string of the molecule is CSSC(C)CCOC(C)=O. The van der Waals surface area contributed by atoms with E-state index in [-0.39, 0.29) is 5.97 Å². The Hall–Kier alpha value is 0.170. The van der Waals surface area contributed by atoms with Gasteiger partial charge in [-0.15, -0.1) is 0 Å². The standard InChI is InChI=1S/C7H14O2S2/c1-6(11-10-3)4-5-9-7(2)8/h6H,4-5H2,1-3H3. The number of rotatable bonds is 5.